The zero-order valence-electron chi connectivity index (χ0n) is 8.42. The largest absolute Gasteiger partial charge is 0.392 e. The van der Waals surface area contributed by atoms with Crippen molar-refractivity contribution in [1.29, 1.82) is 0 Å². The van der Waals surface area contributed by atoms with Gasteiger partial charge in [0.1, 0.15) is 5.82 Å². The highest BCUT2D eigenvalue weighted by atomic mass is 79.9. The second-order valence-corrected chi connectivity index (χ2v) is 4.97. The number of halogens is 2. The Morgan fingerprint density at radius 2 is 2.20 bits per heavy atom. The average Bonchev–Trinajstić information content (AvgIpc) is 2.10. The molecule has 82 valence electrons. The molecule has 1 aliphatic carbocycles. The van der Waals surface area contributed by atoms with E-state index in [9.17, 15) is 9.50 Å². The molecular formula is C12H14BrFO. The van der Waals surface area contributed by atoms with E-state index in [1.165, 1.54) is 12.5 Å². The van der Waals surface area contributed by atoms with Gasteiger partial charge in [0, 0.05) is 0 Å². The van der Waals surface area contributed by atoms with Crippen molar-refractivity contribution >= 4 is 15.9 Å². The number of aliphatic hydroxyl groups is 1. The van der Waals surface area contributed by atoms with Crippen molar-refractivity contribution in [3.63, 3.8) is 0 Å². The maximum absolute atomic E-state index is 13.2. The van der Waals surface area contributed by atoms with E-state index in [1.54, 1.807) is 6.07 Å². The third kappa shape index (κ3) is 2.40. The van der Waals surface area contributed by atoms with Crippen molar-refractivity contribution in [2.75, 3.05) is 0 Å². The topological polar surface area (TPSA) is 20.2 Å². The minimum atomic E-state index is -0.322. The van der Waals surface area contributed by atoms with E-state index < -0.39 is 0 Å². The van der Waals surface area contributed by atoms with Crippen LogP contribution in [0.3, 0.4) is 0 Å². The Labute approximate surface area is 97.4 Å². The summed E-state index contributed by atoms with van der Waals surface area (Å²) >= 11 is 3.21. The molecule has 1 atom stereocenters. The lowest BCUT2D eigenvalue weighted by Crippen LogP contribution is -2.28. The SMILES string of the molecule is OC(Cc1cccc(F)c1Br)C1CCC1. The molecule has 2 rings (SSSR count). The molecule has 1 fully saturated rings. The van der Waals surface area contributed by atoms with Crippen LogP contribution >= 0.6 is 15.9 Å². The van der Waals surface area contributed by atoms with Gasteiger partial charge in [0.25, 0.3) is 0 Å². The minimum absolute atomic E-state index is 0.256. The second kappa shape index (κ2) is 4.62. The van der Waals surface area contributed by atoms with Crippen molar-refractivity contribution < 1.29 is 9.50 Å². The summed E-state index contributed by atoms with van der Waals surface area (Å²) < 4.78 is 13.7. The number of aliphatic hydroxyl groups excluding tert-OH is 1. The predicted octanol–water partition coefficient (Wildman–Crippen LogP) is 3.29. The quantitative estimate of drug-likeness (QED) is 0.896. The van der Waals surface area contributed by atoms with Crippen molar-refractivity contribution in [1.82, 2.24) is 0 Å². The first kappa shape index (κ1) is 11.1. The molecule has 1 nitrogen and oxygen atoms in total. The first-order chi connectivity index (χ1) is 7.18. The third-order valence-corrected chi connectivity index (χ3v) is 4.04. The van der Waals surface area contributed by atoms with Crippen LogP contribution in [0.15, 0.2) is 22.7 Å². The molecule has 0 spiro atoms. The highest BCUT2D eigenvalue weighted by Gasteiger charge is 2.26. The van der Waals surface area contributed by atoms with Gasteiger partial charge >= 0.3 is 0 Å². The van der Waals surface area contributed by atoms with Gasteiger partial charge in [-0.3, -0.25) is 0 Å². The van der Waals surface area contributed by atoms with E-state index in [4.69, 9.17) is 0 Å². The van der Waals surface area contributed by atoms with Crippen molar-refractivity contribution in [2.45, 2.75) is 31.8 Å². The summed E-state index contributed by atoms with van der Waals surface area (Å²) in [5, 5.41) is 9.89. The molecule has 1 N–H and O–H groups in total. The van der Waals surface area contributed by atoms with Gasteiger partial charge in [0.15, 0.2) is 0 Å². The maximum Gasteiger partial charge on any atom is 0.137 e. The molecule has 1 saturated carbocycles. The predicted molar refractivity (Wildman–Crippen MR) is 61.2 cm³/mol. The molecule has 1 aromatic rings. The van der Waals surface area contributed by atoms with Gasteiger partial charge in [0.05, 0.1) is 10.6 Å². The first-order valence-corrected chi connectivity index (χ1v) is 6.08. The summed E-state index contributed by atoms with van der Waals surface area (Å²) in [5.74, 6) is 0.161. The lowest BCUT2D eigenvalue weighted by atomic mass is 9.79. The molecule has 1 unspecified atom stereocenters. The van der Waals surface area contributed by atoms with Crippen molar-refractivity contribution in [2.24, 2.45) is 5.92 Å². The smallest absolute Gasteiger partial charge is 0.137 e. The van der Waals surface area contributed by atoms with Gasteiger partial charge in [-0.25, -0.2) is 4.39 Å². The van der Waals surface area contributed by atoms with Gasteiger partial charge in [-0.1, -0.05) is 18.6 Å². The molecule has 15 heavy (non-hydrogen) atoms. The summed E-state index contributed by atoms with van der Waals surface area (Å²) in [6.45, 7) is 0. The van der Waals surface area contributed by atoms with Crippen LogP contribution in [0.4, 0.5) is 4.39 Å². The van der Waals surface area contributed by atoms with Gasteiger partial charge in [0.2, 0.25) is 0 Å². The summed E-state index contributed by atoms with van der Waals surface area (Å²) in [5.41, 5.74) is 0.856. The molecule has 1 aliphatic rings. The zero-order chi connectivity index (χ0) is 10.8. The summed E-state index contributed by atoms with van der Waals surface area (Å²) in [6, 6.07) is 4.96. The van der Waals surface area contributed by atoms with Gasteiger partial charge in [-0.2, -0.15) is 0 Å². The van der Waals surface area contributed by atoms with Crippen molar-refractivity contribution in [3.8, 4) is 0 Å². The molecule has 0 bridgehead atoms. The van der Waals surface area contributed by atoms with Crippen LogP contribution in [0, 0.1) is 11.7 Å². The zero-order valence-corrected chi connectivity index (χ0v) is 10.0. The Morgan fingerprint density at radius 1 is 1.47 bits per heavy atom. The summed E-state index contributed by atoms with van der Waals surface area (Å²) in [7, 11) is 0. The van der Waals surface area contributed by atoms with Gasteiger partial charge < -0.3 is 5.11 Å². The fourth-order valence-electron chi connectivity index (χ4n) is 1.92. The molecule has 0 radical (unpaired) electrons. The monoisotopic (exact) mass is 272 g/mol. The average molecular weight is 273 g/mol. The van der Waals surface area contributed by atoms with E-state index >= 15 is 0 Å². The number of hydrogen-bond acceptors (Lipinski definition) is 1. The van der Waals surface area contributed by atoms with Crippen molar-refractivity contribution in [3.05, 3.63) is 34.1 Å². The Hall–Kier alpha value is -0.410. The number of benzene rings is 1. The van der Waals surface area contributed by atoms with Gasteiger partial charge in [-0.05, 0) is 52.7 Å². The molecule has 1 aromatic carbocycles. The summed E-state index contributed by atoms with van der Waals surface area (Å²) in [4.78, 5) is 0. The lowest BCUT2D eigenvalue weighted by Gasteiger charge is -2.30. The van der Waals surface area contributed by atoms with Crippen LogP contribution in [0.1, 0.15) is 24.8 Å². The first-order valence-electron chi connectivity index (χ1n) is 5.29. The maximum atomic E-state index is 13.2. The Kier molecular flexibility index (Phi) is 3.42. The Balaban J connectivity index is 2.06. The minimum Gasteiger partial charge on any atom is -0.392 e. The molecule has 0 amide bonds. The van der Waals surface area contributed by atoms with Crippen LogP contribution in [-0.4, -0.2) is 11.2 Å². The molecule has 0 heterocycles. The third-order valence-electron chi connectivity index (χ3n) is 3.15. The van der Waals surface area contributed by atoms with Crippen LogP contribution < -0.4 is 0 Å². The molecule has 3 heteroatoms. The molecule has 0 aliphatic heterocycles. The fraction of sp³-hybridized carbons (Fsp3) is 0.500. The lowest BCUT2D eigenvalue weighted by molar-refractivity contribution is 0.0628. The fourth-order valence-corrected chi connectivity index (χ4v) is 2.35. The standard InChI is InChI=1S/C12H14BrFO/c13-12-9(5-2-6-10(12)14)7-11(15)8-3-1-4-8/h2,5-6,8,11,15H,1,3-4,7H2. The van der Waals surface area contributed by atoms with Crippen LogP contribution in [-0.2, 0) is 6.42 Å². The van der Waals surface area contributed by atoms with E-state index in [0.717, 1.165) is 18.4 Å². The summed E-state index contributed by atoms with van der Waals surface area (Å²) in [6.07, 6.45) is 3.65. The van der Waals surface area contributed by atoms with E-state index in [-0.39, 0.29) is 11.9 Å². The van der Waals surface area contributed by atoms with Gasteiger partial charge in [-0.15, -0.1) is 0 Å². The Morgan fingerprint density at radius 3 is 2.80 bits per heavy atom. The normalized spacial score (nSPS) is 18.6. The van der Waals surface area contributed by atoms with Crippen LogP contribution in [0.2, 0.25) is 0 Å². The van der Waals surface area contributed by atoms with Crippen LogP contribution in [0.5, 0.6) is 0 Å². The highest BCUT2D eigenvalue weighted by molar-refractivity contribution is 9.10. The molecular weight excluding hydrogens is 259 g/mol. The van der Waals surface area contributed by atoms with E-state index in [0.29, 0.717) is 16.8 Å². The van der Waals surface area contributed by atoms with E-state index in [1.807, 2.05) is 6.07 Å². The highest BCUT2D eigenvalue weighted by Crippen LogP contribution is 2.32. The second-order valence-electron chi connectivity index (χ2n) is 4.18. The molecule has 0 aromatic heterocycles. The number of rotatable bonds is 3. The van der Waals surface area contributed by atoms with E-state index in [2.05, 4.69) is 15.9 Å². The van der Waals surface area contributed by atoms with Crippen LogP contribution in [0.25, 0.3) is 0 Å². The Bertz CT molecular complexity index is 349. The molecule has 0 saturated heterocycles. The number of hydrogen-bond donors (Lipinski definition) is 1.